The Labute approximate surface area is 669 Å². The summed E-state index contributed by atoms with van der Waals surface area (Å²) < 4.78 is 16.2. The smallest absolute Gasteiger partial charge is 0.410 e. The Morgan fingerprint density at radius 1 is 0.441 bits per heavy atom. The van der Waals surface area contributed by atoms with Gasteiger partial charge in [0.25, 0.3) is 0 Å². The van der Waals surface area contributed by atoms with Crippen LogP contribution in [0.1, 0.15) is 171 Å². The van der Waals surface area contributed by atoms with E-state index >= 15 is 0 Å². The van der Waals surface area contributed by atoms with Crippen LogP contribution in [0.3, 0.4) is 0 Å². The number of piperazine rings is 2. The van der Waals surface area contributed by atoms with Gasteiger partial charge < -0.3 is 29.2 Å². The van der Waals surface area contributed by atoms with Crippen LogP contribution in [-0.2, 0) is 70.7 Å². The van der Waals surface area contributed by atoms with Crippen molar-refractivity contribution in [1.29, 1.82) is 0 Å². The predicted molar refractivity (Wildman–Crippen MR) is 434 cm³/mol. The van der Waals surface area contributed by atoms with Crippen molar-refractivity contribution in [1.82, 2.24) is 53.7 Å². The predicted octanol–water partition coefficient (Wildman–Crippen LogP) is 17.3. The molecule has 2 N–H and O–H groups in total. The Kier molecular flexibility index (Phi) is 24.6. The molecule has 23 heteroatoms. The molecule has 5 aromatic carbocycles. The van der Waals surface area contributed by atoms with Crippen LogP contribution in [0.15, 0.2) is 183 Å². The van der Waals surface area contributed by atoms with Crippen LogP contribution in [0, 0.1) is 13.8 Å². The summed E-state index contributed by atoms with van der Waals surface area (Å²) in [6, 6.07) is 44.2. The number of nitrogens with one attached hydrogen (secondary N) is 2. The van der Waals surface area contributed by atoms with Crippen LogP contribution in [-0.4, -0.2) is 141 Å². The van der Waals surface area contributed by atoms with Crippen molar-refractivity contribution in [2.75, 3.05) is 49.9 Å². The Morgan fingerprint density at radius 2 is 0.829 bits per heavy atom. The number of alkyl halides is 1. The Balaban J connectivity index is 0.000000145. The first kappa shape index (κ1) is 76.9. The number of carbonyl (C=O) groups excluding carboxylic acids is 4. The summed E-state index contributed by atoms with van der Waals surface area (Å²) in [7, 11) is 0. The number of benzene rings is 5. The van der Waals surface area contributed by atoms with E-state index in [0.717, 1.165) is 151 Å². The number of halogens is 4. The minimum absolute atomic E-state index is 0.101. The lowest BCUT2D eigenvalue weighted by Crippen LogP contribution is -2.60. The lowest BCUT2D eigenvalue weighted by molar-refractivity contribution is -0.124. The molecule has 2 saturated carbocycles. The van der Waals surface area contributed by atoms with E-state index in [1.54, 1.807) is 28.7 Å². The van der Waals surface area contributed by atoms with Crippen molar-refractivity contribution >= 4 is 81.8 Å². The van der Waals surface area contributed by atoms with E-state index in [-0.39, 0.29) is 41.5 Å². The van der Waals surface area contributed by atoms with Crippen LogP contribution < -0.4 is 10.6 Å². The maximum Gasteiger partial charge on any atom is 0.410 e. The molecule has 19 nitrogen and oxygen atoms in total. The van der Waals surface area contributed by atoms with Gasteiger partial charge in [-0.25, -0.2) is 19.6 Å². The summed E-state index contributed by atoms with van der Waals surface area (Å²) in [4.78, 5) is 86.5. The third-order valence-corrected chi connectivity index (χ3v) is 24.1. The fraction of sp³-hybridized carbons (Fsp3) is 0.375. The first-order valence-corrected chi connectivity index (χ1v) is 40.6. The van der Waals surface area contributed by atoms with Gasteiger partial charge in [0.2, 0.25) is 11.8 Å². The highest BCUT2D eigenvalue weighted by molar-refractivity contribution is 6.31. The maximum absolute atomic E-state index is 14.3. The fourth-order valence-corrected chi connectivity index (χ4v) is 18.0. The number of hydrogen-bond donors (Lipinski definition) is 2. The molecule has 0 radical (unpaired) electrons. The highest BCUT2D eigenvalue weighted by Gasteiger charge is 2.44. The summed E-state index contributed by atoms with van der Waals surface area (Å²) in [5.41, 5.74) is 19.2. The summed E-state index contributed by atoms with van der Waals surface area (Å²) in [6.45, 7) is 7.88. The molecule has 17 rings (SSSR count). The van der Waals surface area contributed by atoms with Crippen molar-refractivity contribution < 1.29 is 28.7 Å². The lowest BCUT2D eigenvalue weighted by atomic mass is 9.95. The van der Waals surface area contributed by atoms with E-state index < -0.39 is 24.3 Å². The average molecular weight is 1570 g/mol. The number of nitrogens with zero attached hydrogens (tertiary/aromatic N) is 11. The van der Waals surface area contributed by atoms with Gasteiger partial charge in [-0.2, -0.15) is 0 Å². The van der Waals surface area contributed by atoms with E-state index in [0.29, 0.717) is 73.8 Å². The van der Waals surface area contributed by atoms with Gasteiger partial charge in [-0.05, 0) is 244 Å². The second-order valence-electron chi connectivity index (χ2n) is 30.2. The van der Waals surface area contributed by atoms with E-state index in [2.05, 4.69) is 87.0 Å². The monoisotopic (exact) mass is 1570 g/mol. The molecular formula is C88H93Cl4N13O6. The number of aromatic nitrogens is 7. The highest BCUT2D eigenvalue weighted by atomic mass is 35.5. The molecule has 7 heterocycles. The SMILES string of the molecule is Cc1cncn1Cc1cccc(NC(=O)C2CN(C3c4ccc(Cl)cc4CCc4cccnc43)CCN2C(=O)OC2CCCCC2)c1.Cc1cncn1Cc1cccc(NC(=O)C2CN([C@@H]3c4ccc(Cl)cc4CCc4cccnc43)CCN2C(=O)OC2CCCCC2)c1.Clc1ccc2c(c1)CCc1cccnc1C2Cl. The van der Waals surface area contributed by atoms with Crippen LogP contribution in [0.2, 0.25) is 15.1 Å². The summed E-state index contributed by atoms with van der Waals surface area (Å²) >= 11 is 25.5. The third-order valence-electron chi connectivity index (χ3n) is 22.9. The van der Waals surface area contributed by atoms with Crippen LogP contribution in [0.4, 0.5) is 21.0 Å². The topological polar surface area (TPSA) is 198 Å². The molecule has 4 amide bonds. The quantitative estimate of drug-likeness (QED) is 0.110. The average Bonchev–Trinajstić information content (AvgIpc) is 1.76. The van der Waals surface area contributed by atoms with Crippen LogP contribution in [0.5, 0.6) is 0 Å². The van der Waals surface area contributed by atoms with Gasteiger partial charge in [0.15, 0.2) is 0 Å². The first-order valence-electron chi connectivity index (χ1n) is 39.1. The lowest BCUT2D eigenvalue weighted by Gasteiger charge is -2.43. The van der Waals surface area contributed by atoms with Crippen molar-refractivity contribution in [3.63, 3.8) is 0 Å². The third kappa shape index (κ3) is 18.2. The summed E-state index contributed by atoms with van der Waals surface area (Å²) in [5, 5.41) is 8.31. The number of fused-ring (bicyclic) bond motifs is 6. The molecule has 0 bridgehead atoms. The molecule has 4 fully saturated rings. The molecule has 574 valence electrons. The zero-order valence-corrected chi connectivity index (χ0v) is 65.7. The summed E-state index contributed by atoms with van der Waals surface area (Å²) in [5.74, 6) is -0.477. The molecule has 2 saturated heterocycles. The first-order chi connectivity index (χ1) is 54.1. The number of ether oxygens (including phenoxy) is 2. The van der Waals surface area contributed by atoms with Crippen molar-refractivity contribution in [2.45, 2.75) is 171 Å². The van der Waals surface area contributed by atoms with Crippen molar-refractivity contribution in [3.8, 4) is 0 Å². The zero-order valence-electron chi connectivity index (χ0n) is 62.7. The number of aryl methyl sites for hydroxylation is 8. The minimum Gasteiger partial charge on any atom is -0.446 e. The van der Waals surface area contributed by atoms with E-state index in [4.69, 9.17) is 65.8 Å². The van der Waals surface area contributed by atoms with Gasteiger partial charge in [-0.3, -0.25) is 44.1 Å². The largest absolute Gasteiger partial charge is 0.446 e. The number of hydrogen-bond acceptors (Lipinski definition) is 13. The molecule has 0 spiro atoms. The number of rotatable bonds is 12. The number of imidazole rings is 2. The fourth-order valence-electron chi connectivity index (χ4n) is 17.0. The van der Waals surface area contributed by atoms with Crippen LogP contribution >= 0.6 is 46.4 Å². The molecule has 5 aromatic heterocycles. The van der Waals surface area contributed by atoms with E-state index in [1.165, 1.54) is 46.2 Å². The molecule has 111 heavy (non-hydrogen) atoms. The molecular weight excluding hydrogens is 1480 g/mol. The van der Waals surface area contributed by atoms with Gasteiger partial charge in [0.1, 0.15) is 29.7 Å². The van der Waals surface area contributed by atoms with E-state index in [1.807, 2.05) is 136 Å². The van der Waals surface area contributed by atoms with Gasteiger partial charge in [0.05, 0.1) is 41.8 Å². The normalized spacial score (nSPS) is 19.9. The second-order valence-corrected chi connectivity index (χ2v) is 32.0. The Morgan fingerprint density at radius 3 is 1.24 bits per heavy atom. The maximum atomic E-state index is 14.3. The standard InChI is InChI=1S/2C37H41ClN6O3.C14H11Cl2N/c2*1-25-21-39-24-43(25)22-26-7-5-9-30(19-26)41-36(45)33-23-42(17-18-44(33)37(46)47-31-10-3-2-4-11-31)35-32-15-14-29(38)20-28(32)13-12-27-8-6-16-40-34(27)35;15-11-5-6-12-10(8-11)4-3-9-2-1-7-17-14(9)13(12)16/h2*5-9,14-16,19-21,24,31,33,35H,2-4,10-13,17-18,22-23H2,1H3,(H,41,45);1-2,5-8,13H,3-4H2/t33?,35-;;/m1../s1. The van der Waals surface area contributed by atoms with Crippen LogP contribution in [0.25, 0.3) is 0 Å². The molecule has 10 aromatic rings. The van der Waals surface area contributed by atoms with E-state index in [9.17, 15) is 19.2 Å². The second kappa shape index (κ2) is 35.5. The molecule has 5 aliphatic carbocycles. The van der Waals surface area contributed by atoms with Gasteiger partial charge in [0, 0.05) is 121 Å². The molecule has 4 unspecified atom stereocenters. The van der Waals surface area contributed by atoms with Crippen molar-refractivity contribution in [2.24, 2.45) is 0 Å². The molecule has 2 aliphatic heterocycles. The Bertz CT molecular complexity index is 4730. The minimum atomic E-state index is -0.759. The Hall–Kier alpha value is -9.47. The summed E-state index contributed by atoms with van der Waals surface area (Å²) in [6.07, 6.45) is 27.2. The number of pyridine rings is 3. The number of carbonyl (C=O) groups is 4. The molecule has 7 aliphatic rings. The zero-order chi connectivity index (χ0) is 76.5. The number of amides is 4. The van der Waals surface area contributed by atoms with Gasteiger partial charge in [-0.1, -0.05) is 108 Å². The van der Waals surface area contributed by atoms with Gasteiger partial charge >= 0.3 is 12.2 Å². The highest BCUT2D eigenvalue weighted by Crippen LogP contribution is 2.42. The molecule has 5 atom stereocenters. The number of anilines is 2. The van der Waals surface area contributed by atoms with Crippen molar-refractivity contribution in [3.05, 3.63) is 288 Å². The van der Waals surface area contributed by atoms with Gasteiger partial charge in [-0.15, -0.1) is 11.6 Å².